The summed E-state index contributed by atoms with van der Waals surface area (Å²) in [6, 6.07) is 22.8. The largest absolute Gasteiger partial charge is 0.292 e. The minimum Gasteiger partial charge on any atom is -0.292 e. The van der Waals surface area contributed by atoms with Gasteiger partial charge in [-0.15, -0.1) is 0 Å². The van der Waals surface area contributed by atoms with Gasteiger partial charge in [0.25, 0.3) is 0 Å². The van der Waals surface area contributed by atoms with Gasteiger partial charge in [0, 0.05) is 12.1 Å². The summed E-state index contributed by atoms with van der Waals surface area (Å²) in [4.78, 5) is 2.52. The van der Waals surface area contributed by atoms with Crippen LogP contribution < -0.4 is 0 Å². The molecule has 1 fully saturated rings. The Labute approximate surface area is 109 Å². The summed E-state index contributed by atoms with van der Waals surface area (Å²) in [5, 5.41) is 0. The third-order valence-electron chi connectivity index (χ3n) is 4.07. The van der Waals surface area contributed by atoms with E-state index in [1.807, 2.05) is 0 Å². The average molecular weight is 237 g/mol. The van der Waals surface area contributed by atoms with Crippen LogP contribution in [0.1, 0.15) is 36.1 Å². The van der Waals surface area contributed by atoms with Crippen LogP contribution in [-0.2, 0) is 0 Å². The lowest BCUT2D eigenvalue weighted by Gasteiger charge is -2.26. The number of likely N-dealkylation sites (tertiary alicyclic amines) is 1. The predicted octanol–water partition coefficient (Wildman–Crippen LogP) is 4.19. The molecule has 0 saturated carbocycles. The molecule has 0 aliphatic carbocycles. The van der Waals surface area contributed by atoms with Crippen LogP contribution in [0, 0.1) is 0 Å². The molecule has 2 aromatic carbocycles. The maximum Gasteiger partial charge on any atom is 0.0351 e. The highest BCUT2D eigenvalue weighted by Gasteiger charge is 2.31. The molecule has 3 rings (SSSR count). The molecule has 0 aromatic heterocycles. The third-order valence-corrected chi connectivity index (χ3v) is 4.07. The summed E-state index contributed by atoms with van der Waals surface area (Å²) in [7, 11) is 2.25. The monoisotopic (exact) mass is 237 g/mol. The van der Waals surface area contributed by atoms with E-state index in [0.717, 1.165) is 0 Å². The second-order valence-electron chi connectivity index (χ2n) is 5.10. The molecule has 18 heavy (non-hydrogen) atoms. The minimum absolute atomic E-state index is 0.566. The van der Waals surface area contributed by atoms with Crippen LogP contribution in [0.5, 0.6) is 0 Å². The van der Waals surface area contributed by atoms with Gasteiger partial charge in [0.2, 0.25) is 0 Å². The summed E-state index contributed by atoms with van der Waals surface area (Å²) in [6.07, 6.45) is 2.50. The Bertz CT molecular complexity index is 444. The Morgan fingerprint density at radius 1 is 0.722 bits per heavy atom. The minimum atomic E-state index is 0.566. The molecule has 1 nitrogen and oxygen atoms in total. The highest BCUT2D eigenvalue weighted by atomic mass is 15.2. The van der Waals surface area contributed by atoms with Gasteiger partial charge in [-0.2, -0.15) is 0 Å². The van der Waals surface area contributed by atoms with Crippen molar-refractivity contribution in [2.75, 3.05) is 7.05 Å². The van der Waals surface area contributed by atoms with Gasteiger partial charge >= 0.3 is 0 Å². The highest BCUT2D eigenvalue weighted by molar-refractivity contribution is 5.25. The van der Waals surface area contributed by atoms with E-state index in [2.05, 4.69) is 72.6 Å². The van der Waals surface area contributed by atoms with Gasteiger partial charge in [0.15, 0.2) is 0 Å². The maximum absolute atomic E-state index is 2.52. The molecule has 1 saturated heterocycles. The number of nitrogens with zero attached hydrogens (tertiary/aromatic N) is 1. The van der Waals surface area contributed by atoms with E-state index in [-0.39, 0.29) is 0 Å². The Hall–Kier alpha value is -1.60. The molecule has 2 aromatic rings. The van der Waals surface area contributed by atoms with Crippen molar-refractivity contribution in [3.8, 4) is 0 Å². The highest BCUT2D eigenvalue weighted by Crippen LogP contribution is 2.42. The van der Waals surface area contributed by atoms with E-state index in [1.165, 1.54) is 24.0 Å². The van der Waals surface area contributed by atoms with Crippen molar-refractivity contribution in [2.24, 2.45) is 0 Å². The molecule has 0 amide bonds. The Balaban J connectivity index is 1.83. The molecule has 0 N–H and O–H groups in total. The molecule has 0 bridgehead atoms. The molecule has 2 atom stereocenters. The summed E-state index contributed by atoms with van der Waals surface area (Å²) in [5.41, 5.74) is 2.89. The van der Waals surface area contributed by atoms with Crippen molar-refractivity contribution in [2.45, 2.75) is 24.9 Å². The van der Waals surface area contributed by atoms with Crippen LogP contribution in [0.3, 0.4) is 0 Å². The van der Waals surface area contributed by atoms with Crippen molar-refractivity contribution in [3.63, 3.8) is 0 Å². The zero-order valence-corrected chi connectivity index (χ0v) is 10.8. The number of rotatable bonds is 2. The van der Waals surface area contributed by atoms with E-state index in [9.17, 15) is 0 Å². The first-order valence-electron chi connectivity index (χ1n) is 6.68. The molecular weight excluding hydrogens is 218 g/mol. The first-order chi connectivity index (χ1) is 8.86. The van der Waals surface area contributed by atoms with E-state index < -0.39 is 0 Å². The van der Waals surface area contributed by atoms with Crippen LogP contribution in [0.2, 0.25) is 0 Å². The molecule has 92 valence electrons. The molecule has 1 heteroatoms. The third kappa shape index (κ3) is 2.06. The van der Waals surface area contributed by atoms with Crippen molar-refractivity contribution in [3.05, 3.63) is 71.8 Å². The van der Waals surface area contributed by atoms with E-state index in [0.29, 0.717) is 12.1 Å². The first kappa shape index (κ1) is 11.5. The number of hydrogen-bond donors (Lipinski definition) is 0. The summed E-state index contributed by atoms with van der Waals surface area (Å²) in [5.74, 6) is 0. The van der Waals surface area contributed by atoms with E-state index >= 15 is 0 Å². The standard InChI is InChI=1S/C17H19N/c1-18-16(14-8-4-2-5-9-14)12-13-17(18)15-10-6-3-7-11-15/h2-11,16-17H,12-13H2,1H3. The Morgan fingerprint density at radius 2 is 1.11 bits per heavy atom. The van der Waals surface area contributed by atoms with Gasteiger partial charge in [-0.3, -0.25) is 4.90 Å². The quantitative estimate of drug-likeness (QED) is 0.757. The SMILES string of the molecule is CN1C(c2ccccc2)CCC1c1ccccc1. The molecule has 1 aliphatic heterocycles. The first-order valence-corrected chi connectivity index (χ1v) is 6.68. The Kier molecular flexibility index (Phi) is 3.16. The van der Waals surface area contributed by atoms with Crippen molar-refractivity contribution < 1.29 is 0 Å². The van der Waals surface area contributed by atoms with Gasteiger partial charge in [-0.05, 0) is 31.0 Å². The van der Waals surface area contributed by atoms with Crippen LogP contribution in [-0.4, -0.2) is 11.9 Å². The fourth-order valence-electron chi connectivity index (χ4n) is 3.09. The number of benzene rings is 2. The molecule has 2 unspecified atom stereocenters. The topological polar surface area (TPSA) is 3.24 Å². The molecule has 1 heterocycles. The number of hydrogen-bond acceptors (Lipinski definition) is 1. The fraction of sp³-hybridized carbons (Fsp3) is 0.294. The lowest BCUT2D eigenvalue weighted by Crippen LogP contribution is -2.21. The smallest absolute Gasteiger partial charge is 0.0351 e. The lowest BCUT2D eigenvalue weighted by atomic mass is 10.0. The summed E-state index contributed by atoms with van der Waals surface area (Å²) >= 11 is 0. The predicted molar refractivity (Wildman–Crippen MR) is 75.4 cm³/mol. The lowest BCUT2D eigenvalue weighted by molar-refractivity contribution is 0.246. The molecular formula is C17H19N. The van der Waals surface area contributed by atoms with Crippen LogP contribution in [0.25, 0.3) is 0 Å². The Morgan fingerprint density at radius 3 is 1.50 bits per heavy atom. The van der Waals surface area contributed by atoms with Crippen LogP contribution in [0.15, 0.2) is 60.7 Å². The van der Waals surface area contributed by atoms with Gasteiger partial charge in [-0.25, -0.2) is 0 Å². The molecule has 0 spiro atoms. The van der Waals surface area contributed by atoms with E-state index in [4.69, 9.17) is 0 Å². The summed E-state index contributed by atoms with van der Waals surface area (Å²) in [6.45, 7) is 0. The van der Waals surface area contributed by atoms with Gasteiger partial charge in [0.1, 0.15) is 0 Å². The normalized spacial score (nSPS) is 24.3. The summed E-state index contributed by atoms with van der Waals surface area (Å²) < 4.78 is 0. The second-order valence-corrected chi connectivity index (χ2v) is 5.10. The van der Waals surface area contributed by atoms with Crippen LogP contribution >= 0.6 is 0 Å². The molecule has 1 aliphatic rings. The van der Waals surface area contributed by atoms with Crippen molar-refractivity contribution >= 4 is 0 Å². The second kappa shape index (κ2) is 4.95. The molecule has 0 radical (unpaired) electrons. The fourth-order valence-corrected chi connectivity index (χ4v) is 3.09. The maximum atomic E-state index is 2.52. The van der Waals surface area contributed by atoms with Crippen molar-refractivity contribution in [1.29, 1.82) is 0 Å². The van der Waals surface area contributed by atoms with Gasteiger partial charge in [-0.1, -0.05) is 60.7 Å². The average Bonchev–Trinajstić information content (AvgIpc) is 2.83. The van der Waals surface area contributed by atoms with Gasteiger partial charge < -0.3 is 0 Å². The van der Waals surface area contributed by atoms with E-state index in [1.54, 1.807) is 0 Å². The van der Waals surface area contributed by atoms with Crippen LogP contribution in [0.4, 0.5) is 0 Å². The van der Waals surface area contributed by atoms with Gasteiger partial charge in [0.05, 0.1) is 0 Å². The zero-order chi connectivity index (χ0) is 12.4. The van der Waals surface area contributed by atoms with Crippen molar-refractivity contribution in [1.82, 2.24) is 4.90 Å². The zero-order valence-electron chi connectivity index (χ0n) is 10.8.